The second-order valence-corrected chi connectivity index (χ2v) is 10.9. The summed E-state index contributed by atoms with van der Waals surface area (Å²) in [5.41, 5.74) is 1.56. The van der Waals surface area contributed by atoms with Gasteiger partial charge in [-0.25, -0.2) is 8.42 Å². The molecule has 0 saturated carbocycles. The third kappa shape index (κ3) is 6.46. The highest BCUT2D eigenvalue weighted by Crippen LogP contribution is 2.31. The fourth-order valence-electron chi connectivity index (χ4n) is 4.11. The molecule has 2 amide bonds. The second-order valence-electron chi connectivity index (χ2n) is 8.62. The van der Waals surface area contributed by atoms with Gasteiger partial charge >= 0.3 is 0 Å². The molecular formula is C28H32ClN3O5S. The molecule has 0 spiro atoms. The van der Waals surface area contributed by atoms with Gasteiger partial charge in [-0.3, -0.25) is 13.9 Å². The quantitative estimate of drug-likeness (QED) is 0.377. The number of hydrogen-bond donors (Lipinski definition) is 1. The van der Waals surface area contributed by atoms with Crippen LogP contribution in [0.2, 0.25) is 5.02 Å². The zero-order valence-electron chi connectivity index (χ0n) is 21.8. The van der Waals surface area contributed by atoms with Crippen molar-refractivity contribution in [1.29, 1.82) is 0 Å². The topological polar surface area (TPSA) is 96.0 Å². The fourth-order valence-corrected chi connectivity index (χ4v) is 5.78. The minimum absolute atomic E-state index is 0.0345. The summed E-state index contributed by atoms with van der Waals surface area (Å²) in [7, 11) is -1.09. The molecule has 0 radical (unpaired) electrons. The Morgan fingerprint density at radius 1 is 1.00 bits per heavy atom. The number of benzene rings is 3. The predicted molar refractivity (Wildman–Crippen MR) is 149 cm³/mol. The molecule has 0 unspecified atom stereocenters. The highest BCUT2D eigenvalue weighted by atomic mass is 35.5. The van der Waals surface area contributed by atoms with Gasteiger partial charge in [-0.2, -0.15) is 0 Å². The first kappa shape index (κ1) is 29.0. The van der Waals surface area contributed by atoms with Gasteiger partial charge < -0.3 is 15.0 Å². The number of carbonyl (C=O) groups excluding carboxylic acids is 2. The van der Waals surface area contributed by atoms with Crippen molar-refractivity contribution in [3.05, 3.63) is 88.9 Å². The van der Waals surface area contributed by atoms with Crippen molar-refractivity contribution in [1.82, 2.24) is 10.2 Å². The van der Waals surface area contributed by atoms with E-state index in [9.17, 15) is 18.0 Å². The Morgan fingerprint density at radius 3 is 2.24 bits per heavy atom. The van der Waals surface area contributed by atoms with Gasteiger partial charge in [0.25, 0.3) is 10.0 Å². The van der Waals surface area contributed by atoms with Crippen molar-refractivity contribution in [2.45, 2.75) is 37.8 Å². The summed E-state index contributed by atoms with van der Waals surface area (Å²) in [4.78, 5) is 28.2. The van der Waals surface area contributed by atoms with E-state index in [0.29, 0.717) is 22.8 Å². The number of nitrogens with one attached hydrogen (secondary N) is 1. The number of likely N-dealkylation sites (N-methyl/N-ethyl adjacent to an activating group) is 1. The third-order valence-electron chi connectivity index (χ3n) is 6.26. The molecule has 0 aliphatic carbocycles. The molecule has 10 heteroatoms. The number of hydrogen-bond acceptors (Lipinski definition) is 5. The highest BCUT2D eigenvalue weighted by Gasteiger charge is 2.34. The Morgan fingerprint density at radius 2 is 1.66 bits per heavy atom. The number of nitrogens with zero attached hydrogens (tertiary/aromatic N) is 2. The van der Waals surface area contributed by atoms with Crippen molar-refractivity contribution in [3.8, 4) is 5.75 Å². The zero-order valence-corrected chi connectivity index (χ0v) is 23.4. The average Bonchev–Trinajstić information content (AvgIpc) is 2.93. The first-order chi connectivity index (χ1) is 18.1. The maximum absolute atomic E-state index is 13.9. The van der Waals surface area contributed by atoms with Crippen molar-refractivity contribution < 1.29 is 22.7 Å². The number of sulfonamides is 1. The van der Waals surface area contributed by atoms with E-state index in [1.807, 2.05) is 0 Å². The van der Waals surface area contributed by atoms with Crippen LogP contribution in [0.5, 0.6) is 5.75 Å². The Bertz CT molecular complexity index is 1360. The maximum atomic E-state index is 13.9. The molecule has 202 valence electrons. The van der Waals surface area contributed by atoms with E-state index in [0.717, 1.165) is 9.87 Å². The van der Waals surface area contributed by atoms with Crippen LogP contribution in [0.3, 0.4) is 0 Å². The number of methoxy groups -OCH3 is 1. The lowest BCUT2D eigenvalue weighted by molar-refractivity contribution is -0.140. The van der Waals surface area contributed by atoms with Gasteiger partial charge in [0.1, 0.15) is 18.3 Å². The SMILES string of the molecule is CC[C@@H](C(=O)NC)N(Cc1ccc(OC)cc1)C(=O)CN(c1cccc(Cl)c1C)S(=O)(=O)c1ccccc1. The molecule has 0 aliphatic rings. The average molecular weight is 558 g/mol. The van der Waals surface area contributed by atoms with Crippen LogP contribution in [0, 0.1) is 6.92 Å². The van der Waals surface area contributed by atoms with E-state index in [1.165, 1.54) is 24.1 Å². The summed E-state index contributed by atoms with van der Waals surface area (Å²) < 4.78 is 33.9. The molecule has 3 rings (SSSR count). The highest BCUT2D eigenvalue weighted by molar-refractivity contribution is 7.92. The molecule has 0 aliphatic heterocycles. The third-order valence-corrected chi connectivity index (χ3v) is 8.45. The van der Waals surface area contributed by atoms with Crippen molar-refractivity contribution in [3.63, 3.8) is 0 Å². The van der Waals surface area contributed by atoms with E-state index in [-0.39, 0.29) is 23.0 Å². The molecule has 0 fully saturated rings. The van der Waals surface area contributed by atoms with Crippen LogP contribution >= 0.6 is 11.6 Å². The standard InChI is InChI=1S/C28H32ClN3O5S/c1-5-25(28(34)30-3)31(18-21-14-16-22(37-4)17-15-21)27(33)19-32(26-13-9-12-24(29)20(26)2)38(35,36)23-10-7-6-8-11-23/h6-17,25H,5,18-19H2,1-4H3,(H,30,34)/t25-/m0/s1. The van der Waals surface area contributed by atoms with Crippen LogP contribution in [0.15, 0.2) is 77.7 Å². The lowest BCUT2D eigenvalue weighted by atomic mass is 10.1. The summed E-state index contributed by atoms with van der Waals surface area (Å²) in [6.45, 7) is 3.07. The number of halogens is 1. The number of amides is 2. The normalized spacial score (nSPS) is 11.9. The fraction of sp³-hybridized carbons (Fsp3) is 0.286. The van der Waals surface area contributed by atoms with Gasteiger partial charge in [0.15, 0.2) is 0 Å². The van der Waals surface area contributed by atoms with E-state index < -0.39 is 28.5 Å². The molecule has 3 aromatic carbocycles. The molecule has 8 nitrogen and oxygen atoms in total. The molecule has 0 bridgehead atoms. The molecule has 0 aromatic heterocycles. The van der Waals surface area contributed by atoms with Crippen LogP contribution in [-0.2, 0) is 26.2 Å². The molecule has 0 heterocycles. The summed E-state index contributed by atoms with van der Waals surface area (Å²) >= 11 is 6.34. The first-order valence-corrected chi connectivity index (χ1v) is 13.9. The number of carbonyl (C=O) groups is 2. The smallest absolute Gasteiger partial charge is 0.264 e. The van der Waals surface area contributed by atoms with Crippen LogP contribution < -0.4 is 14.4 Å². The van der Waals surface area contributed by atoms with Crippen molar-refractivity contribution in [2.75, 3.05) is 25.0 Å². The van der Waals surface area contributed by atoms with E-state index >= 15 is 0 Å². The Kier molecular flexibility index (Phi) is 9.77. The summed E-state index contributed by atoms with van der Waals surface area (Å²) in [6.07, 6.45) is 0.337. The summed E-state index contributed by atoms with van der Waals surface area (Å²) in [5.74, 6) is -0.220. The Balaban J connectivity index is 2.08. The lowest BCUT2D eigenvalue weighted by Crippen LogP contribution is -2.51. The molecule has 1 atom stereocenters. The number of anilines is 1. The molecular weight excluding hydrogens is 526 g/mol. The Labute approximate surface area is 229 Å². The van der Waals surface area contributed by atoms with Gasteiger partial charge in [-0.1, -0.05) is 54.9 Å². The van der Waals surface area contributed by atoms with Crippen LogP contribution in [-0.4, -0.2) is 51.9 Å². The van der Waals surface area contributed by atoms with Gasteiger partial charge in [0.05, 0.1) is 17.7 Å². The van der Waals surface area contributed by atoms with Crippen LogP contribution in [0.25, 0.3) is 0 Å². The molecule has 1 N–H and O–H groups in total. The van der Waals surface area contributed by atoms with Gasteiger partial charge in [-0.15, -0.1) is 0 Å². The van der Waals surface area contributed by atoms with E-state index in [1.54, 1.807) is 81.6 Å². The lowest BCUT2D eigenvalue weighted by Gasteiger charge is -2.33. The summed E-state index contributed by atoms with van der Waals surface area (Å²) in [5, 5.41) is 2.98. The molecule has 3 aromatic rings. The first-order valence-electron chi connectivity index (χ1n) is 12.1. The van der Waals surface area contributed by atoms with Gasteiger partial charge in [-0.05, 0) is 60.9 Å². The maximum Gasteiger partial charge on any atom is 0.264 e. The second kappa shape index (κ2) is 12.8. The van der Waals surface area contributed by atoms with Crippen molar-refractivity contribution >= 4 is 39.1 Å². The Hall–Kier alpha value is -3.56. The minimum atomic E-state index is -4.15. The number of ether oxygens (including phenoxy) is 1. The minimum Gasteiger partial charge on any atom is -0.497 e. The summed E-state index contributed by atoms with van der Waals surface area (Å²) in [6, 6.07) is 19.1. The largest absolute Gasteiger partial charge is 0.497 e. The molecule has 0 saturated heterocycles. The van der Waals surface area contributed by atoms with Crippen LogP contribution in [0.1, 0.15) is 24.5 Å². The van der Waals surface area contributed by atoms with Gasteiger partial charge in [0, 0.05) is 18.6 Å². The number of rotatable bonds is 11. The molecule has 38 heavy (non-hydrogen) atoms. The van der Waals surface area contributed by atoms with E-state index in [4.69, 9.17) is 16.3 Å². The monoisotopic (exact) mass is 557 g/mol. The van der Waals surface area contributed by atoms with Crippen molar-refractivity contribution in [2.24, 2.45) is 0 Å². The predicted octanol–water partition coefficient (Wildman–Crippen LogP) is 4.41. The van der Waals surface area contributed by atoms with Gasteiger partial charge in [0.2, 0.25) is 11.8 Å². The van der Waals surface area contributed by atoms with E-state index in [2.05, 4.69) is 5.32 Å². The zero-order chi connectivity index (χ0) is 27.9. The van der Waals surface area contributed by atoms with Crippen LogP contribution in [0.4, 0.5) is 5.69 Å².